The number of aryl methyl sites for hydroxylation is 2. The smallest absolute Gasteiger partial charge is 0.408 e. The second-order valence-corrected chi connectivity index (χ2v) is 11.1. The third kappa shape index (κ3) is 10.3. The van der Waals surface area contributed by atoms with Crippen LogP contribution in [0, 0.1) is 13.8 Å². The highest BCUT2D eigenvalue weighted by atomic mass is 16.6. The maximum absolute atomic E-state index is 13.7. The minimum atomic E-state index is -1.25. The Morgan fingerprint density at radius 2 is 1.69 bits per heavy atom. The molecule has 0 saturated carbocycles. The number of unbranched alkanes of at least 4 members (excludes halogenated alkanes) is 2. The molecule has 0 spiro atoms. The van der Waals surface area contributed by atoms with Crippen LogP contribution in [0.1, 0.15) is 90.5 Å². The number of nitrogens with zero attached hydrogens (tertiary/aromatic N) is 1. The van der Waals surface area contributed by atoms with Gasteiger partial charge >= 0.3 is 6.09 Å². The van der Waals surface area contributed by atoms with Crippen LogP contribution in [0.3, 0.4) is 0 Å². The van der Waals surface area contributed by atoms with E-state index in [0.29, 0.717) is 18.5 Å². The lowest BCUT2D eigenvalue weighted by atomic mass is 9.95. The number of carbonyl (C=O) groups excluding carboxylic acids is 3. The minimum Gasteiger partial charge on any atom is -0.444 e. The van der Waals surface area contributed by atoms with Gasteiger partial charge in [0.15, 0.2) is 0 Å². The predicted octanol–water partition coefficient (Wildman–Crippen LogP) is 4.16. The molecule has 0 aliphatic rings. The number of hydrogen-bond acceptors (Lipinski definition) is 5. The molecule has 0 bridgehead atoms. The molecule has 8 heteroatoms. The molecule has 1 rings (SSSR count). The monoisotopic (exact) mass is 491 g/mol. The summed E-state index contributed by atoms with van der Waals surface area (Å²) in [6.07, 6.45) is 1.68. The van der Waals surface area contributed by atoms with Crippen molar-refractivity contribution in [3.63, 3.8) is 0 Å². The summed E-state index contributed by atoms with van der Waals surface area (Å²) in [7, 11) is 0. The summed E-state index contributed by atoms with van der Waals surface area (Å²) in [5.41, 5.74) is 1.35. The van der Waals surface area contributed by atoms with E-state index in [4.69, 9.17) is 4.74 Å². The van der Waals surface area contributed by atoms with Crippen LogP contribution in [0.2, 0.25) is 0 Å². The van der Waals surface area contributed by atoms with Gasteiger partial charge in [-0.15, -0.1) is 0 Å². The predicted molar refractivity (Wildman–Crippen MR) is 138 cm³/mol. The van der Waals surface area contributed by atoms with Crippen LogP contribution in [-0.2, 0) is 14.3 Å². The molecular weight excluding hydrogens is 446 g/mol. The zero-order chi connectivity index (χ0) is 27.0. The molecule has 3 N–H and O–H groups in total. The summed E-state index contributed by atoms with van der Waals surface area (Å²) in [5, 5.41) is 15.5. The quantitative estimate of drug-likeness (QED) is 0.426. The molecule has 0 aliphatic carbocycles. The summed E-state index contributed by atoms with van der Waals surface area (Å²) in [6, 6.07) is 3.59. The first-order valence-electron chi connectivity index (χ1n) is 12.4. The Hall–Kier alpha value is -2.61. The van der Waals surface area contributed by atoms with E-state index in [0.717, 1.165) is 24.0 Å². The fraction of sp³-hybridized carbons (Fsp3) is 0.667. The van der Waals surface area contributed by atoms with Crippen LogP contribution in [0.25, 0.3) is 0 Å². The number of aliphatic hydroxyl groups excluding tert-OH is 1. The number of alkyl carbamates (subject to hydrolysis) is 1. The highest BCUT2D eigenvalue weighted by molar-refractivity contribution is 5.92. The SMILES string of the molecule is CCCCCN(C(=O)C(CO)NC(=O)OC(C)(C)C)C(C(=O)NC(C)(C)C)c1ccc(C)cc1C. The summed E-state index contributed by atoms with van der Waals surface area (Å²) < 4.78 is 5.28. The molecule has 0 radical (unpaired) electrons. The van der Waals surface area contributed by atoms with Crippen LogP contribution in [0.4, 0.5) is 4.79 Å². The lowest BCUT2D eigenvalue weighted by molar-refractivity contribution is -0.144. The maximum Gasteiger partial charge on any atom is 0.408 e. The van der Waals surface area contributed by atoms with Crippen molar-refractivity contribution in [3.8, 4) is 0 Å². The Bertz CT molecular complexity index is 871. The Balaban J connectivity index is 3.48. The Morgan fingerprint density at radius 3 is 2.17 bits per heavy atom. The largest absolute Gasteiger partial charge is 0.444 e. The number of nitrogens with one attached hydrogen (secondary N) is 2. The normalized spacial score (nSPS) is 13.5. The van der Waals surface area contributed by atoms with Crippen molar-refractivity contribution in [2.24, 2.45) is 0 Å². The van der Waals surface area contributed by atoms with Crippen molar-refractivity contribution in [1.29, 1.82) is 0 Å². The average molecular weight is 492 g/mol. The molecule has 1 aromatic carbocycles. The number of benzene rings is 1. The van der Waals surface area contributed by atoms with Gasteiger partial charge in [-0.3, -0.25) is 9.59 Å². The van der Waals surface area contributed by atoms with Crippen molar-refractivity contribution in [3.05, 3.63) is 34.9 Å². The zero-order valence-electron chi connectivity index (χ0n) is 22.9. The Morgan fingerprint density at radius 1 is 1.06 bits per heavy atom. The van der Waals surface area contributed by atoms with Gasteiger partial charge in [-0.1, -0.05) is 43.5 Å². The van der Waals surface area contributed by atoms with Crippen LogP contribution in [0.5, 0.6) is 0 Å². The van der Waals surface area contributed by atoms with Crippen LogP contribution >= 0.6 is 0 Å². The topological polar surface area (TPSA) is 108 Å². The van der Waals surface area contributed by atoms with E-state index in [1.165, 1.54) is 4.90 Å². The van der Waals surface area contributed by atoms with E-state index < -0.39 is 41.8 Å². The lowest BCUT2D eigenvalue weighted by Crippen LogP contribution is -2.56. The maximum atomic E-state index is 13.7. The first kappa shape index (κ1) is 30.4. The lowest BCUT2D eigenvalue weighted by Gasteiger charge is -2.36. The molecule has 35 heavy (non-hydrogen) atoms. The Kier molecular flexibility index (Phi) is 11.2. The molecule has 2 unspecified atom stereocenters. The van der Waals surface area contributed by atoms with E-state index in [2.05, 4.69) is 17.6 Å². The second-order valence-electron chi connectivity index (χ2n) is 11.1. The van der Waals surface area contributed by atoms with Gasteiger partial charge in [-0.05, 0) is 72.9 Å². The van der Waals surface area contributed by atoms with Crippen LogP contribution in [-0.4, -0.2) is 58.2 Å². The zero-order valence-corrected chi connectivity index (χ0v) is 22.9. The average Bonchev–Trinajstić information content (AvgIpc) is 2.69. The standard InChI is InChI=1S/C27H45N3O5/c1-10-11-12-15-30(24(33)21(17-31)28-25(34)35-27(7,8)9)22(23(32)29-26(4,5)6)20-14-13-18(2)16-19(20)3/h13-14,16,21-22,31H,10-12,15,17H2,1-9H3,(H,28,34)(H,29,32). The minimum absolute atomic E-state index is 0.300. The second kappa shape index (κ2) is 12.9. The fourth-order valence-electron chi connectivity index (χ4n) is 3.76. The van der Waals surface area contributed by atoms with Crippen molar-refractivity contribution in [2.75, 3.05) is 13.2 Å². The third-order valence-electron chi connectivity index (χ3n) is 5.24. The van der Waals surface area contributed by atoms with Gasteiger partial charge in [0, 0.05) is 12.1 Å². The van der Waals surface area contributed by atoms with E-state index in [1.54, 1.807) is 20.8 Å². The number of amides is 3. The first-order chi connectivity index (χ1) is 16.1. The summed E-state index contributed by atoms with van der Waals surface area (Å²) >= 11 is 0. The van der Waals surface area contributed by atoms with Crippen molar-refractivity contribution in [1.82, 2.24) is 15.5 Å². The van der Waals surface area contributed by atoms with Gasteiger partial charge in [-0.25, -0.2) is 4.79 Å². The number of rotatable bonds is 10. The van der Waals surface area contributed by atoms with Crippen LogP contribution < -0.4 is 10.6 Å². The molecule has 0 aromatic heterocycles. The van der Waals surface area contributed by atoms with Gasteiger partial charge < -0.3 is 25.4 Å². The molecule has 2 atom stereocenters. The van der Waals surface area contributed by atoms with Gasteiger partial charge in [-0.2, -0.15) is 0 Å². The summed E-state index contributed by atoms with van der Waals surface area (Å²) in [6.45, 7) is 16.4. The molecule has 8 nitrogen and oxygen atoms in total. The molecule has 198 valence electrons. The summed E-state index contributed by atoms with van der Waals surface area (Å²) in [4.78, 5) is 41.2. The third-order valence-corrected chi connectivity index (χ3v) is 5.24. The Labute approximate surface area is 210 Å². The number of carbonyl (C=O) groups is 3. The van der Waals surface area contributed by atoms with Gasteiger partial charge in [0.1, 0.15) is 17.7 Å². The molecule has 0 saturated heterocycles. The van der Waals surface area contributed by atoms with E-state index in [9.17, 15) is 19.5 Å². The van der Waals surface area contributed by atoms with Gasteiger partial charge in [0.25, 0.3) is 0 Å². The highest BCUT2D eigenvalue weighted by Gasteiger charge is 2.37. The van der Waals surface area contributed by atoms with Crippen LogP contribution in [0.15, 0.2) is 18.2 Å². The molecular formula is C27H45N3O5. The van der Waals surface area contributed by atoms with Gasteiger partial charge in [0.05, 0.1) is 6.61 Å². The number of aliphatic hydroxyl groups is 1. The molecule has 3 amide bonds. The highest BCUT2D eigenvalue weighted by Crippen LogP contribution is 2.27. The fourth-order valence-corrected chi connectivity index (χ4v) is 3.76. The van der Waals surface area contributed by atoms with E-state index in [1.807, 2.05) is 52.8 Å². The van der Waals surface area contributed by atoms with E-state index in [-0.39, 0.29) is 5.91 Å². The van der Waals surface area contributed by atoms with Crippen molar-refractivity contribution >= 4 is 17.9 Å². The first-order valence-corrected chi connectivity index (χ1v) is 12.4. The molecule has 0 aliphatic heterocycles. The van der Waals surface area contributed by atoms with Gasteiger partial charge in [0.2, 0.25) is 11.8 Å². The van der Waals surface area contributed by atoms with E-state index >= 15 is 0 Å². The number of ether oxygens (including phenoxy) is 1. The summed E-state index contributed by atoms with van der Waals surface area (Å²) in [5.74, 6) is -0.855. The molecule has 0 fully saturated rings. The molecule has 0 heterocycles. The molecule has 1 aromatic rings. The number of hydrogen-bond donors (Lipinski definition) is 3. The van der Waals surface area contributed by atoms with Crippen molar-refractivity contribution in [2.45, 2.75) is 105 Å². The van der Waals surface area contributed by atoms with Crippen molar-refractivity contribution < 1.29 is 24.2 Å².